The molecule has 2 aliphatic rings. The average molecular weight is 380 g/mol. The van der Waals surface area contributed by atoms with Crippen molar-refractivity contribution in [3.8, 4) is 0 Å². The second-order valence-corrected chi connectivity index (χ2v) is 8.33. The molecule has 1 aromatic rings. The van der Waals surface area contributed by atoms with Crippen LogP contribution in [0.3, 0.4) is 0 Å². The number of carbonyl (C=O) groups excluding carboxylic acids is 1. The van der Waals surface area contributed by atoms with E-state index in [1.807, 2.05) is 6.07 Å². The highest BCUT2D eigenvalue weighted by Crippen LogP contribution is 2.34. The molecule has 5 heteroatoms. The highest BCUT2D eigenvalue weighted by atomic mass is 35.5. The fraction of sp³-hybridized carbons (Fsp3) is 0.667. The molecule has 2 unspecified atom stereocenters. The first kappa shape index (κ1) is 21.2. The van der Waals surface area contributed by atoms with E-state index in [9.17, 15) is 4.79 Å². The second-order valence-electron chi connectivity index (χ2n) is 8.33. The maximum atomic E-state index is 12.7. The van der Waals surface area contributed by atoms with E-state index in [-0.39, 0.29) is 29.8 Å². The lowest BCUT2D eigenvalue weighted by atomic mass is 9.81. The second kappa shape index (κ2) is 9.72. The Balaban J connectivity index is 0.00000243. The van der Waals surface area contributed by atoms with E-state index in [4.69, 9.17) is 5.73 Å². The Labute approximate surface area is 164 Å². The largest absolute Gasteiger partial charge is 0.348 e. The van der Waals surface area contributed by atoms with Crippen LogP contribution in [0.15, 0.2) is 30.3 Å². The molecule has 3 N–H and O–H groups in total. The molecular weight excluding hydrogens is 346 g/mol. The van der Waals surface area contributed by atoms with Crippen molar-refractivity contribution in [1.82, 2.24) is 10.2 Å². The van der Waals surface area contributed by atoms with Crippen LogP contribution in [0.1, 0.15) is 57.1 Å². The maximum absolute atomic E-state index is 12.7. The Hall–Kier alpha value is -1.10. The lowest BCUT2D eigenvalue weighted by Crippen LogP contribution is -2.41. The van der Waals surface area contributed by atoms with Crippen LogP contribution in [0.4, 0.5) is 0 Å². The first-order valence-corrected chi connectivity index (χ1v) is 9.86. The van der Waals surface area contributed by atoms with E-state index in [0.29, 0.717) is 19.0 Å². The minimum absolute atomic E-state index is 0. The predicted molar refractivity (Wildman–Crippen MR) is 109 cm³/mol. The topological polar surface area (TPSA) is 58.4 Å². The Bertz CT molecular complexity index is 562. The van der Waals surface area contributed by atoms with Gasteiger partial charge in [-0.15, -0.1) is 12.4 Å². The summed E-state index contributed by atoms with van der Waals surface area (Å²) in [6, 6.07) is 10.6. The highest BCUT2D eigenvalue weighted by molar-refractivity contribution is 5.85. The number of halogens is 1. The van der Waals surface area contributed by atoms with Crippen molar-refractivity contribution in [2.24, 2.45) is 17.1 Å². The van der Waals surface area contributed by atoms with Gasteiger partial charge in [0.25, 0.3) is 0 Å². The zero-order chi connectivity index (χ0) is 17.7. The van der Waals surface area contributed by atoms with Gasteiger partial charge in [0.2, 0.25) is 5.91 Å². The standard InChI is InChI=1S/C21H33N3O.ClH/c1-21(15-22)12-13-24(16-21)14-19(25)23-20(17-8-4-2-5-9-17)18-10-6-3-7-11-18;/h2,4-5,8-9,18,20H,3,6-7,10-16,22H2,1H3,(H,23,25);1H. The summed E-state index contributed by atoms with van der Waals surface area (Å²) in [6.45, 7) is 5.31. The molecule has 0 aromatic heterocycles. The fourth-order valence-corrected chi connectivity index (χ4v) is 4.45. The molecule has 26 heavy (non-hydrogen) atoms. The third-order valence-corrected chi connectivity index (χ3v) is 6.09. The normalized spacial score (nSPS) is 25.5. The van der Waals surface area contributed by atoms with E-state index >= 15 is 0 Å². The number of nitrogens with one attached hydrogen (secondary N) is 1. The quantitative estimate of drug-likeness (QED) is 0.795. The summed E-state index contributed by atoms with van der Waals surface area (Å²) < 4.78 is 0. The molecule has 1 saturated carbocycles. The van der Waals surface area contributed by atoms with Crippen LogP contribution in [-0.4, -0.2) is 37.0 Å². The van der Waals surface area contributed by atoms with E-state index in [1.165, 1.54) is 37.7 Å². The van der Waals surface area contributed by atoms with Crippen LogP contribution in [0.25, 0.3) is 0 Å². The van der Waals surface area contributed by atoms with E-state index in [1.54, 1.807) is 0 Å². The van der Waals surface area contributed by atoms with Crippen molar-refractivity contribution in [1.29, 1.82) is 0 Å². The van der Waals surface area contributed by atoms with Crippen molar-refractivity contribution in [2.75, 3.05) is 26.2 Å². The van der Waals surface area contributed by atoms with E-state index in [2.05, 4.69) is 41.4 Å². The van der Waals surface area contributed by atoms with Crippen LogP contribution in [0.5, 0.6) is 0 Å². The van der Waals surface area contributed by atoms with E-state index in [0.717, 1.165) is 19.5 Å². The zero-order valence-electron chi connectivity index (χ0n) is 16.0. The number of hydrogen-bond donors (Lipinski definition) is 2. The maximum Gasteiger partial charge on any atom is 0.234 e. The molecule has 3 rings (SSSR count). The van der Waals surface area contributed by atoms with Gasteiger partial charge in [-0.3, -0.25) is 9.69 Å². The molecule has 4 nitrogen and oxygen atoms in total. The average Bonchev–Trinajstić information content (AvgIpc) is 3.02. The molecule has 0 bridgehead atoms. The number of nitrogens with two attached hydrogens (primary N) is 1. The molecule has 2 atom stereocenters. The van der Waals surface area contributed by atoms with Crippen LogP contribution in [0.2, 0.25) is 0 Å². The number of rotatable bonds is 6. The number of hydrogen-bond acceptors (Lipinski definition) is 3. The summed E-state index contributed by atoms with van der Waals surface area (Å²) >= 11 is 0. The Morgan fingerprint density at radius 2 is 1.96 bits per heavy atom. The summed E-state index contributed by atoms with van der Waals surface area (Å²) in [6.07, 6.45) is 7.41. The molecule has 1 amide bonds. The van der Waals surface area contributed by atoms with Crippen LogP contribution >= 0.6 is 12.4 Å². The fourth-order valence-electron chi connectivity index (χ4n) is 4.45. The van der Waals surface area contributed by atoms with Gasteiger partial charge in [-0.2, -0.15) is 0 Å². The van der Waals surface area contributed by atoms with Gasteiger partial charge in [-0.1, -0.05) is 56.5 Å². The summed E-state index contributed by atoms with van der Waals surface area (Å²) in [5.74, 6) is 0.716. The highest BCUT2D eigenvalue weighted by Gasteiger charge is 2.34. The number of carbonyl (C=O) groups is 1. The summed E-state index contributed by atoms with van der Waals surface area (Å²) in [5, 5.41) is 3.36. The molecule has 2 fully saturated rings. The predicted octanol–water partition coefficient (Wildman–Crippen LogP) is 3.52. The summed E-state index contributed by atoms with van der Waals surface area (Å²) in [5.41, 5.74) is 7.30. The first-order valence-electron chi connectivity index (χ1n) is 9.86. The van der Waals surface area contributed by atoms with Crippen molar-refractivity contribution in [2.45, 2.75) is 51.5 Å². The van der Waals surface area contributed by atoms with Crippen LogP contribution < -0.4 is 11.1 Å². The summed E-state index contributed by atoms with van der Waals surface area (Å²) in [7, 11) is 0. The molecule has 146 valence electrons. The van der Waals surface area contributed by atoms with Gasteiger partial charge in [-0.05, 0) is 49.2 Å². The zero-order valence-corrected chi connectivity index (χ0v) is 16.8. The van der Waals surface area contributed by atoms with Crippen molar-refractivity contribution in [3.63, 3.8) is 0 Å². The van der Waals surface area contributed by atoms with Gasteiger partial charge in [0.05, 0.1) is 12.6 Å². The lowest BCUT2D eigenvalue weighted by molar-refractivity contribution is -0.123. The molecule has 0 radical (unpaired) electrons. The Kier molecular flexibility index (Phi) is 7.93. The van der Waals surface area contributed by atoms with Gasteiger partial charge in [0.15, 0.2) is 0 Å². The van der Waals surface area contributed by atoms with Crippen LogP contribution in [-0.2, 0) is 4.79 Å². The number of likely N-dealkylation sites (tertiary alicyclic amines) is 1. The molecule has 1 heterocycles. The van der Waals surface area contributed by atoms with Gasteiger partial charge < -0.3 is 11.1 Å². The minimum Gasteiger partial charge on any atom is -0.348 e. The summed E-state index contributed by atoms with van der Waals surface area (Å²) in [4.78, 5) is 15.0. The smallest absolute Gasteiger partial charge is 0.234 e. The molecule has 1 aliphatic heterocycles. The van der Waals surface area contributed by atoms with Crippen molar-refractivity contribution in [3.05, 3.63) is 35.9 Å². The molecule has 1 saturated heterocycles. The van der Waals surface area contributed by atoms with Crippen molar-refractivity contribution < 1.29 is 4.79 Å². The Morgan fingerprint density at radius 3 is 2.58 bits per heavy atom. The third-order valence-electron chi connectivity index (χ3n) is 6.09. The number of benzene rings is 1. The number of nitrogens with zero attached hydrogens (tertiary/aromatic N) is 1. The third kappa shape index (κ3) is 5.45. The molecular formula is C21H34ClN3O. The monoisotopic (exact) mass is 379 g/mol. The van der Waals surface area contributed by atoms with Gasteiger partial charge in [0.1, 0.15) is 0 Å². The Morgan fingerprint density at radius 1 is 1.27 bits per heavy atom. The molecule has 1 aliphatic carbocycles. The van der Waals surface area contributed by atoms with Gasteiger partial charge in [0, 0.05) is 6.54 Å². The van der Waals surface area contributed by atoms with E-state index < -0.39 is 0 Å². The number of amides is 1. The lowest BCUT2D eigenvalue weighted by Gasteiger charge is -2.32. The van der Waals surface area contributed by atoms with Gasteiger partial charge >= 0.3 is 0 Å². The van der Waals surface area contributed by atoms with Gasteiger partial charge in [-0.25, -0.2) is 0 Å². The molecule has 1 aromatic carbocycles. The van der Waals surface area contributed by atoms with Crippen LogP contribution in [0, 0.1) is 11.3 Å². The first-order chi connectivity index (χ1) is 12.1. The molecule has 0 spiro atoms. The SMILES string of the molecule is CC1(CN)CCN(CC(=O)NC(c2ccccc2)C2CCCCC2)C1.Cl. The minimum atomic E-state index is 0. The van der Waals surface area contributed by atoms with Crippen molar-refractivity contribution >= 4 is 18.3 Å².